The van der Waals surface area contributed by atoms with Crippen LogP contribution in [0.1, 0.15) is 67.1 Å². The van der Waals surface area contributed by atoms with Gasteiger partial charge in [-0.3, -0.25) is 9.78 Å². The van der Waals surface area contributed by atoms with Gasteiger partial charge in [-0.1, -0.05) is 26.5 Å². The molecule has 1 aliphatic heterocycles. The van der Waals surface area contributed by atoms with Gasteiger partial charge in [-0.25, -0.2) is 4.98 Å². The molecule has 2 aromatic rings. The van der Waals surface area contributed by atoms with Gasteiger partial charge in [-0.2, -0.15) is 10.5 Å². The summed E-state index contributed by atoms with van der Waals surface area (Å²) in [5.41, 5.74) is 4.91. The van der Waals surface area contributed by atoms with Crippen LogP contribution < -0.4 is 4.90 Å². The van der Waals surface area contributed by atoms with Gasteiger partial charge in [0.05, 0.1) is 28.6 Å². The number of rotatable bonds is 8. The number of nitriles is 2. The van der Waals surface area contributed by atoms with E-state index in [0.717, 1.165) is 35.2 Å². The molecule has 1 saturated heterocycles. The number of carbonyl (C=O) groups excluding carboxylic acids is 1. The minimum absolute atomic E-state index is 0.0106. The van der Waals surface area contributed by atoms with E-state index in [4.69, 9.17) is 10.1 Å². The number of anilines is 1. The Balaban J connectivity index is 1.78. The first-order chi connectivity index (χ1) is 18.3. The number of hydrogen-bond acceptors (Lipinski definition) is 7. The summed E-state index contributed by atoms with van der Waals surface area (Å²) >= 11 is 0. The Morgan fingerprint density at radius 3 is 2.66 bits per heavy atom. The zero-order valence-electron chi connectivity index (χ0n) is 22.3. The van der Waals surface area contributed by atoms with Crippen LogP contribution in [0.5, 0.6) is 0 Å². The number of hydrogen-bond donors (Lipinski definition) is 1. The van der Waals surface area contributed by atoms with Crippen LogP contribution in [0.4, 0.5) is 5.82 Å². The lowest BCUT2D eigenvalue weighted by Crippen LogP contribution is -2.57. The van der Waals surface area contributed by atoms with E-state index in [1.54, 1.807) is 24.4 Å². The molecular weight excluding hydrogens is 476 g/mol. The number of piperazine rings is 1. The molecule has 196 valence electrons. The average Bonchev–Trinajstić information content (AvgIpc) is 3.77. The van der Waals surface area contributed by atoms with Crippen molar-refractivity contribution in [3.63, 3.8) is 0 Å². The molecule has 1 atom stereocenters. The van der Waals surface area contributed by atoms with Crippen LogP contribution in [-0.2, 0) is 4.79 Å². The van der Waals surface area contributed by atoms with Crippen LogP contribution in [-0.4, -0.2) is 58.2 Å². The lowest BCUT2D eigenvalue weighted by atomic mass is 9.91. The fraction of sp³-hybridized carbons (Fsp3) is 0.433. The molecule has 1 saturated carbocycles. The van der Waals surface area contributed by atoms with E-state index in [9.17, 15) is 15.3 Å². The van der Waals surface area contributed by atoms with Crippen LogP contribution in [0, 0.1) is 35.5 Å². The predicted molar refractivity (Wildman–Crippen MR) is 147 cm³/mol. The van der Waals surface area contributed by atoms with Crippen molar-refractivity contribution >= 4 is 17.8 Å². The van der Waals surface area contributed by atoms with Crippen molar-refractivity contribution in [2.45, 2.75) is 52.0 Å². The van der Waals surface area contributed by atoms with Crippen molar-refractivity contribution in [1.29, 1.82) is 10.5 Å². The van der Waals surface area contributed by atoms with E-state index >= 15 is 0 Å². The first kappa shape index (κ1) is 27.0. The second-order valence-electron chi connectivity index (χ2n) is 10.3. The molecule has 2 aromatic heterocycles. The maximum atomic E-state index is 12.9. The van der Waals surface area contributed by atoms with Crippen LogP contribution in [0.25, 0.3) is 17.2 Å². The van der Waals surface area contributed by atoms with Crippen molar-refractivity contribution in [3.8, 4) is 23.3 Å². The van der Waals surface area contributed by atoms with Crippen LogP contribution >= 0.6 is 0 Å². The Hall–Kier alpha value is -4.01. The van der Waals surface area contributed by atoms with E-state index in [1.165, 1.54) is 0 Å². The van der Waals surface area contributed by atoms with Crippen molar-refractivity contribution in [2.75, 3.05) is 31.1 Å². The summed E-state index contributed by atoms with van der Waals surface area (Å²) < 4.78 is 0. The minimum atomic E-state index is -0.0600. The summed E-state index contributed by atoms with van der Waals surface area (Å²) in [6.07, 6.45) is 8.94. The van der Waals surface area contributed by atoms with E-state index in [1.807, 2.05) is 17.9 Å². The van der Waals surface area contributed by atoms with Gasteiger partial charge >= 0.3 is 0 Å². The highest BCUT2D eigenvalue weighted by atomic mass is 16.2. The molecule has 0 spiro atoms. The fourth-order valence-corrected chi connectivity index (χ4v) is 5.15. The number of carbonyl (C=O) groups is 1. The SMILES string of the molecule is C=Cc1cc(-c2c(C3CC3)nc(N3CCN(C(=O)/C=C/CCO)C(C(C)C)C3)c(C#N)c2C)c(C#N)cn1. The van der Waals surface area contributed by atoms with Gasteiger partial charge in [0.1, 0.15) is 18.0 Å². The standard InChI is InChI=1S/C30H34N6O2/c1-5-23-14-24(22(15-31)17-33-23)28-20(4)25(16-32)30(34-29(28)21-9-10-21)35-11-12-36(26(18-35)19(2)3)27(38)8-6-7-13-37/h5-6,8,14,17,19,21,26,37H,1,7,9-13,18H2,2-4H3/b8-6+. The van der Waals surface area contributed by atoms with Gasteiger partial charge in [-0.15, -0.1) is 0 Å². The Labute approximate surface area is 224 Å². The van der Waals surface area contributed by atoms with E-state index in [2.05, 4.69) is 42.4 Å². The predicted octanol–water partition coefficient (Wildman–Crippen LogP) is 4.33. The summed E-state index contributed by atoms with van der Waals surface area (Å²) in [4.78, 5) is 26.3. The number of aliphatic hydroxyl groups excluding tert-OH is 1. The Bertz CT molecular complexity index is 1350. The number of pyridine rings is 2. The maximum absolute atomic E-state index is 12.9. The lowest BCUT2D eigenvalue weighted by Gasteiger charge is -2.44. The van der Waals surface area contributed by atoms with Gasteiger partial charge in [0.25, 0.3) is 0 Å². The van der Waals surface area contributed by atoms with Crippen LogP contribution in [0.3, 0.4) is 0 Å². The molecular formula is C30H34N6O2. The first-order valence-electron chi connectivity index (χ1n) is 13.1. The summed E-state index contributed by atoms with van der Waals surface area (Å²) in [7, 11) is 0. The third kappa shape index (κ3) is 5.32. The Morgan fingerprint density at radius 1 is 1.29 bits per heavy atom. The van der Waals surface area contributed by atoms with Crippen molar-refractivity contribution in [2.24, 2.45) is 5.92 Å². The highest BCUT2D eigenvalue weighted by Crippen LogP contribution is 2.47. The van der Waals surface area contributed by atoms with E-state index in [-0.39, 0.29) is 30.4 Å². The molecule has 0 aromatic carbocycles. The van der Waals surface area contributed by atoms with Gasteiger partial charge in [0.15, 0.2) is 0 Å². The van der Waals surface area contributed by atoms with Crippen LogP contribution in [0.15, 0.2) is 31.0 Å². The molecule has 2 fully saturated rings. The lowest BCUT2D eigenvalue weighted by molar-refractivity contribution is -0.129. The molecule has 3 heterocycles. The van der Waals surface area contributed by atoms with Gasteiger partial charge < -0.3 is 14.9 Å². The molecule has 2 aliphatic rings. The first-order valence-corrected chi connectivity index (χ1v) is 13.1. The molecule has 8 nitrogen and oxygen atoms in total. The van der Waals surface area contributed by atoms with E-state index in [0.29, 0.717) is 48.7 Å². The van der Waals surface area contributed by atoms with Gasteiger partial charge in [-0.05, 0) is 55.9 Å². The normalized spacial score (nSPS) is 17.5. The third-order valence-corrected chi connectivity index (χ3v) is 7.38. The highest BCUT2D eigenvalue weighted by Gasteiger charge is 2.36. The number of amides is 1. The molecule has 0 radical (unpaired) electrons. The Kier molecular flexibility index (Phi) is 8.24. The zero-order valence-corrected chi connectivity index (χ0v) is 22.3. The molecule has 1 N–H and O–H groups in total. The number of aliphatic hydroxyl groups is 1. The average molecular weight is 511 g/mol. The third-order valence-electron chi connectivity index (χ3n) is 7.38. The van der Waals surface area contributed by atoms with Crippen molar-refractivity contribution in [1.82, 2.24) is 14.9 Å². The smallest absolute Gasteiger partial charge is 0.246 e. The molecule has 4 rings (SSSR count). The zero-order chi connectivity index (χ0) is 27.4. The Morgan fingerprint density at radius 2 is 2.05 bits per heavy atom. The molecule has 8 heteroatoms. The molecule has 1 aliphatic carbocycles. The van der Waals surface area contributed by atoms with Crippen molar-refractivity contribution < 1.29 is 9.90 Å². The number of nitrogens with zero attached hydrogens (tertiary/aromatic N) is 6. The van der Waals surface area contributed by atoms with Crippen molar-refractivity contribution in [3.05, 3.63) is 59.1 Å². The van der Waals surface area contributed by atoms with Gasteiger partial charge in [0, 0.05) is 49.5 Å². The summed E-state index contributed by atoms with van der Waals surface area (Å²) in [6, 6.07) is 6.45. The second kappa shape index (κ2) is 11.6. The van der Waals surface area contributed by atoms with E-state index < -0.39 is 0 Å². The molecule has 1 unspecified atom stereocenters. The maximum Gasteiger partial charge on any atom is 0.246 e. The molecule has 38 heavy (non-hydrogen) atoms. The minimum Gasteiger partial charge on any atom is -0.396 e. The molecule has 1 amide bonds. The highest BCUT2D eigenvalue weighted by molar-refractivity contribution is 5.88. The largest absolute Gasteiger partial charge is 0.396 e. The quantitative estimate of drug-likeness (QED) is 0.525. The number of aromatic nitrogens is 2. The summed E-state index contributed by atoms with van der Waals surface area (Å²) in [5.74, 6) is 1.08. The fourth-order valence-electron chi connectivity index (χ4n) is 5.15. The van der Waals surface area contributed by atoms with Crippen LogP contribution in [0.2, 0.25) is 0 Å². The topological polar surface area (TPSA) is 117 Å². The summed E-state index contributed by atoms with van der Waals surface area (Å²) in [5, 5.41) is 29.2. The molecule has 0 bridgehead atoms. The van der Waals surface area contributed by atoms with Gasteiger partial charge in [0.2, 0.25) is 5.91 Å². The second-order valence-corrected chi connectivity index (χ2v) is 10.3. The summed E-state index contributed by atoms with van der Waals surface area (Å²) in [6.45, 7) is 11.6. The monoisotopic (exact) mass is 510 g/mol.